The lowest BCUT2D eigenvalue weighted by Gasteiger charge is -2.17. The third kappa shape index (κ3) is 2.66. The van der Waals surface area contributed by atoms with Crippen molar-refractivity contribution in [3.63, 3.8) is 0 Å². The fourth-order valence-electron chi connectivity index (χ4n) is 3.38. The molecule has 1 amide bonds. The van der Waals surface area contributed by atoms with Gasteiger partial charge in [0, 0.05) is 30.9 Å². The van der Waals surface area contributed by atoms with Gasteiger partial charge in [-0.15, -0.1) is 0 Å². The Morgan fingerprint density at radius 2 is 2.20 bits per heavy atom. The lowest BCUT2D eigenvalue weighted by atomic mass is 9.97. The lowest BCUT2D eigenvalue weighted by Crippen LogP contribution is -2.31. The smallest absolute Gasteiger partial charge is 0.251 e. The first-order valence-electron chi connectivity index (χ1n) is 7.54. The average molecular weight is 274 g/mol. The van der Waals surface area contributed by atoms with Crippen molar-refractivity contribution >= 4 is 11.6 Å². The quantitative estimate of drug-likeness (QED) is 0.784. The van der Waals surface area contributed by atoms with E-state index >= 15 is 0 Å². The Bertz CT molecular complexity index is 501. The van der Waals surface area contributed by atoms with Crippen molar-refractivity contribution in [2.45, 2.75) is 25.7 Å². The molecule has 1 aromatic rings. The second-order valence-corrected chi connectivity index (χ2v) is 5.89. The summed E-state index contributed by atoms with van der Waals surface area (Å²) in [5.74, 6) is 0.776. The number of hydrogen-bond acceptors (Lipinski definition) is 3. The standard InChI is InChI=1S/C16H22N2O2/c19-10-14-3-1-2-13(14)9-18-16(20)12-5-4-11-6-7-17-15(11)8-12/h4-5,8,13-14,17,19H,1-3,6-7,9-10H2,(H,18,20). The minimum Gasteiger partial charge on any atom is -0.396 e. The van der Waals surface area contributed by atoms with Gasteiger partial charge < -0.3 is 15.7 Å². The van der Waals surface area contributed by atoms with E-state index in [2.05, 4.69) is 10.6 Å². The zero-order valence-electron chi connectivity index (χ0n) is 11.7. The Morgan fingerprint density at radius 3 is 3.05 bits per heavy atom. The molecule has 1 aromatic carbocycles. The molecule has 0 saturated heterocycles. The van der Waals surface area contributed by atoms with Crippen molar-refractivity contribution in [3.05, 3.63) is 29.3 Å². The minimum absolute atomic E-state index is 0.00918. The Labute approximate surface area is 119 Å². The molecular weight excluding hydrogens is 252 g/mol. The van der Waals surface area contributed by atoms with Gasteiger partial charge in [-0.1, -0.05) is 12.5 Å². The molecule has 1 aliphatic carbocycles. The molecule has 2 aliphatic rings. The summed E-state index contributed by atoms with van der Waals surface area (Å²) >= 11 is 0. The van der Waals surface area contributed by atoms with Crippen molar-refractivity contribution in [1.82, 2.24) is 5.32 Å². The number of anilines is 1. The highest BCUT2D eigenvalue weighted by Gasteiger charge is 2.26. The molecule has 3 rings (SSSR count). The van der Waals surface area contributed by atoms with Crippen LogP contribution in [0.15, 0.2) is 18.2 Å². The van der Waals surface area contributed by atoms with Crippen LogP contribution in [0.1, 0.15) is 35.2 Å². The lowest BCUT2D eigenvalue weighted by molar-refractivity contribution is 0.0938. The Morgan fingerprint density at radius 1 is 1.35 bits per heavy atom. The van der Waals surface area contributed by atoms with Crippen molar-refractivity contribution in [3.8, 4) is 0 Å². The van der Waals surface area contributed by atoms with Crippen molar-refractivity contribution < 1.29 is 9.90 Å². The van der Waals surface area contributed by atoms with Gasteiger partial charge in [0.15, 0.2) is 0 Å². The average Bonchev–Trinajstić information content (AvgIpc) is 3.12. The molecule has 2 unspecified atom stereocenters. The van der Waals surface area contributed by atoms with E-state index in [0.29, 0.717) is 18.4 Å². The molecule has 108 valence electrons. The number of fused-ring (bicyclic) bond motifs is 1. The summed E-state index contributed by atoms with van der Waals surface area (Å²) in [6, 6.07) is 5.88. The molecule has 0 aromatic heterocycles. The first kappa shape index (κ1) is 13.4. The molecular formula is C16H22N2O2. The van der Waals surface area contributed by atoms with Gasteiger partial charge in [0.05, 0.1) is 0 Å². The van der Waals surface area contributed by atoms with Gasteiger partial charge in [0.2, 0.25) is 0 Å². The highest BCUT2D eigenvalue weighted by Crippen LogP contribution is 2.30. The maximum atomic E-state index is 12.2. The van der Waals surface area contributed by atoms with Gasteiger partial charge >= 0.3 is 0 Å². The molecule has 2 atom stereocenters. The second-order valence-electron chi connectivity index (χ2n) is 5.89. The van der Waals surface area contributed by atoms with Crippen LogP contribution in [0.25, 0.3) is 0 Å². The highest BCUT2D eigenvalue weighted by atomic mass is 16.3. The third-order valence-electron chi connectivity index (χ3n) is 4.66. The van der Waals surface area contributed by atoms with E-state index in [1.807, 2.05) is 18.2 Å². The maximum absolute atomic E-state index is 12.2. The van der Waals surface area contributed by atoms with Crippen molar-refractivity contribution in [2.75, 3.05) is 25.0 Å². The van der Waals surface area contributed by atoms with Gasteiger partial charge in [-0.3, -0.25) is 4.79 Å². The topological polar surface area (TPSA) is 61.4 Å². The van der Waals surface area contributed by atoms with E-state index in [1.54, 1.807) is 0 Å². The number of benzene rings is 1. The summed E-state index contributed by atoms with van der Waals surface area (Å²) in [7, 11) is 0. The number of aliphatic hydroxyl groups excluding tert-OH is 1. The minimum atomic E-state index is -0.00918. The molecule has 20 heavy (non-hydrogen) atoms. The second kappa shape index (κ2) is 5.83. The summed E-state index contributed by atoms with van der Waals surface area (Å²) in [5, 5.41) is 15.6. The first-order valence-corrected chi connectivity index (χ1v) is 7.54. The monoisotopic (exact) mass is 274 g/mol. The molecule has 4 heteroatoms. The van der Waals surface area contributed by atoms with Gasteiger partial charge in [0.25, 0.3) is 5.91 Å². The molecule has 1 fully saturated rings. The molecule has 0 bridgehead atoms. The van der Waals surface area contributed by atoms with Crippen LogP contribution in [0.5, 0.6) is 0 Å². The van der Waals surface area contributed by atoms with Crippen LogP contribution < -0.4 is 10.6 Å². The van der Waals surface area contributed by atoms with Crippen LogP contribution in [0.4, 0.5) is 5.69 Å². The van der Waals surface area contributed by atoms with E-state index in [1.165, 1.54) is 5.56 Å². The zero-order chi connectivity index (χ0) is 13.9. The summed E-state index contributed by atoms with van der Waals surface area (Å²) in [6.45, 7) is 1.87. The van der Waals surface area contributed by atoms with Crippen molar-refractivity contribution in [2.24, 2.45) is 11.8 Å². The number of amides is 1. The third-order valence-corrected chi connectivity index (χ3v) is 4.66. The number of rotatable bonds is 4. The zero-order valence-corrected chi connectivity index (χ0v) is 11.7. The number of nitrogens with one attached hydrogen (secondary N) is 2. The summed E-state index contributed by atoms with van der Waals surface area (Å²) in [4.78, 5) is 12.2. The van der Waals surface area contributed by atoms with Crippen molar-refractivity contribution in [1.29, 1.82) is 0 Å². The van der Waals surface area contributed by atoms with Crippen LogP contribution in [-0.4, -0.2) is 30.7 Å². The Balaban J connectivity index is 1.59. The van der Waals surface area contributed by atoms with Crippen LogP contribution in [0.3, 0.4) is 0 Å². The van der Waals surface area contributed by atoms with E-state index in [-0.39, 0.29) is 12.5 Å². The summed E-state index contributed by atoms with van der Waals surface area (Å²) < 4.78 is 0. The molecule has 0 radical (unpaired) electrons. The van der Waals surface area contributed by atoms with Crippen LogP contribution >= 0.6 is 0 Å². The van der Waals surface area contributed by atoms with E-state index in [4.69, 9.17) is 0 Å². The van der Waals surface area contributed by atoms with E-state index < -0.39 is 0 Å². The first-order chi connectivity index (χ1) is 9.78. The number of carbonyl (C=O) groups excluding carboxylic acids is 1. The summed E-state index contributed by atoms with van der Waals surface area (Å²) in [5.41, 5.74) is 3.10. The number of aliphatic hydroxyl groups is 1. The fourth-order valence-corrected chi connectivity index (χ4v) is 3.38. The predicted octanol–water partition coefficient (Wildman–Crippen LogP) is 1.79. The van der Waals surface area contributed by atoms with Crippen LogP contribution in [-0.2, 0) is 6.42 Å². The van der Waals surface area contributed by atoms with Gasteiger partial charge in [0.1, 0.15) is 0 Å². The molecule has 1 heterocycles. The molecule has 3 N–H and O–H groups in total. The number of hydrogen-bond donors (Lipinski definition) is 3. The van der Waals surface area contributed by atoms with E-state index in [0.717, 1.165) is 43.5 Å². The van der Waals surface area contributed by atoms with Gasteiger partial charge in [-0.2, -0.15) is 0 Å². The molecule has 1 aliphatic heterocycles. The highest BCUT2D eigenvalue weighted by molar-refractivity contribution is 5.95. The molecule has 0 spiro atoms. The summed E-state index contributed by atoms with van der Waals surface area (Å²) in [6.07, 6.45) is 4.39. The normalized spacial score (nSPS) is 24.2. The molecule has 4 nitrogen and oxygen atoms in total. The SMILES string of the molecule is O=C(NCC1CCCC1CO)c1ccc2c(c1)NCC2. The fraction of sp³-hybridized carbons (Fsp3) is 0.562. The molecule has 1 saturated carbocycles. The Hall–Kier alpha value is -1.55. The van der Waals surface area contributed by atoms with Gasteiger partial charge in [-0.25, -0.2) is 0 Å². The van der Waals surface area contributed by atoms with Gasteiger partial charge in [-0.05, 0) is 48.8 Å². The predicted molar refractivity (Wildman–Crippen MR) is 78.9 cm³/mol. The van der Waals surface area contributed by atoms with Crippen LogP contribution in [0, 0.1) is 11.8 Å². The maximum Gasteiger partial charge on any atom is 0.251 e. The van der Waals surface area contributed by atoms with E-state index in [9.17, 15) is 9.90 Å². The largest absolute Gasteiger partial charge is 0.396 e. The van der Waals surface area contributed by atoms with Crippen LogP contribution in [0.2, 0.25) is 0 Å². The number of carbonyl (C=O) groups is 1. The Kier molecular flexibility index (Phi) is 3.92.